The van der Waals surface area contributed by atoms with Crippen LogP contribution in [0, 0.1) is 19.8 Å². The number of hydrogen-bond donors (Lipinski definition) is 2. The molecule has 10 heteroatoms. The lowest BCUT2D eigenvalue weighted by Crippen LogP contribution is -2.33. The van der Waals surface area contributed by atoms with Crippen molar-refractivity contribution in [1.82, 2.24) is 25.1 Å². The SMILES string of the molecule is CCn1c(SCC(=O)Nc2nc(-c3ccc(C)cc3)cs2)nnc1[C@H](NC(=O)c1cccc(C)c1)C(C)C. The van der Waals surface area contributed by atoms with Crippen LogP contribution in [0.5, 0.6) is 0 Å². The van der Waals surface area contributed by atoms with Crippen LogP contribution < -0.4 is 10.6 Å². The minimum absolute atomic E-state index is 0.0898. The van der Waals surface area contributed by atoms with Crippen LogP contribution in [0.2, 0.25) is 0 Å². The molecule has 0 fully saturated rings. The Hall–Kier alpha value is -3.50. The van der Waals surface area contributed by atoms with Crippen molar-refractivity contribution in [2.24, 2.45) is 5.92 Å². The summed E-state index contributed by atoms with van der Waals surface area (Å²) in [6, 6.07) is 15.3. The van der Waals surface area contributed by atoms with Crippen LogP contribution in [0.1, 0.15) is 54.1 Å². The van der Waals surface area contributed by atoms with Crippen LogP contribution in [0.15, 0.2) is 59.1 Å². The fraction of sp³-hybridized carbons (Fsp3) is 0.321. The number of amides is 2. The largest absolute Gasteiger partial charge is 0.342 e. The van der Waals surface area contributed by atoms with Gasteiger partial charge in [-0.05, 0) is 38.8 Å². The molecule has 2 N–H and O–H groups in total. The number of rotatable bonds is 10. The summed E-state index contributed by atoms with van der Waals surface area (Å²) in [6.07, 6.45) is 0. The molecule has 198 valence electrons. The number of nitrogens with one attached hydrogen (secondary N) is 2. The predicted octanol–water partition coefficient (Wildman–Crippen LogP) is 5.90. The molecule has 0 aliphatic rings. The molecule has 2 amide bonds. The van der Waals surface area contributed by atoms with E-state index in [1.807, 2.05) is 87.0 Å². The van der Waals surface area contributed by atoms with Crippen LogP contribution in [0.3, 0.4) is 0 Å². The first-order valence-corrected chi connectivity index (χ1v) is 14.4. The van der Waals surface area contributed by atoms with Crippen LogP contribution in [-0.2, 0) is 11.3 Å². The molecule has 2 heterocycles. The Labute approximate surface area is 231 Å². The molecule has 0 bridgehead atoms. The van der Waals surface area contributed by atoms with Gasteiger partial charge in [0.15, 0.2) is 16.1 Å². The molecule has 0 aliphatic carbocycles. The van der Waals surface area contributed by atoms with Gasteiger partial charge in [0.25, 0.3) is 5.91 Å². The van der Waals surface area contributed by atoms with Crippen molar-refractivity contribution in [2.45, 2.75) is 52.4 Å². The van der Waals surface area contributed by atoms with E-state index in [1.54, 1.807) is 6.07 Å². The van der Waals surface area contributed by atoms with Gasteiger partial charge >= 0.3 is 0 Å². The van der Waals surface area contributed by atoms with E-state index in [0.29, 0.717) is 28.2 Å². The molecular formula is C28H32N6O2S2. The van der Waals surface area contributed by atoms with Crippen molar-refractivity contribution < 1.29 is 9.59 Å². The molecule has 0 saturated heterocycles. The monoisotopic (exact) mass is 548 g/mol. The fourth-order valence-electron chi connectivity index (χ4n) is 3.95. The maximum absolute atomic E-state index is 13.0. The second-order valence-corrected chi connectivity index (χ2v) is 11.2. The van der Waals surface area contributed by atoms with E-state index in [2.05, 4.69) is 25.8 Å². The van der Waals surface area contributed by atoms with Gasteiger partial charge in [0.05, 0.1) is 17.5 Å². The molecule has 38 heavy (non-hydrogen) atoms. The fourth-order valence-corrected chi connectivity index (χ4v) is 5.49. The Morgan fingerprint density at radius 3 is 2.50 bits per heavy atom. The highest BCUT2D eigenvalue weighted by Gasteiger charge is 2.26. The second-order valence-electron chi connectivity index (χ2n) is 9.39. The number of carbonyl (C=O) groups excluding carboxylic acids is 2. The zero-order valence-corrected chi connectivity index (χ0v) is 23.8. The average Bonchev–Trinajstić information content (AvgIpc) is 3.53. The lowest BCUT2D eigenvalue weighted by molar-refractivity contribution is -0.113. The van der Waals surface area contributed by atoms with Gasteiger partial charge < -0.3 is 15.2 Å². The van der Waals surface area contributed by atoms with E-state index < -0.39 is 0 Å². The number of anilines is 1. The van der Waals surface area contributed by atoms with E-state index in [-0.39, 0.29) is 29.5 Å². The number of thiazole rings is 1. The van der Waals surface area contributed by atoms with Crippen molar-refractivity contribution in [2.75, 3.05) is 11.1 Å². The molecule has 0 unspecified atom stereocenters. The third kappa shape index (κ3) is 6.68. The van der Waals surface area contributed by atoms with E-state index in [0.717, 1.165) is 16.8 Å². The van der Waals surface area contributed by atoms with Gasteiger partial charge in [0, 0.05) is 23.1 Å². The summed E-state index contributed by atoms with van der Waals surface area (Å²) in [6.45, 7) is 10.7. The smallest absolute Gasteiger partial charge is 0.251 e. The molecule has 1 atom stereocenters. The molecule has 4 aromatic rings. The predicted molar refractivity (Wildman–Crippen MR) is 154 cm³/mol. The zero-order valence-electron chi connectivity index (χ0n) is 22.2. The molecule has 2 aromatic heterocycles. The van der Waals surface area contributed by atoms with Gasteiger partial charge in [-0.2, -0.15) is 0 Å². The highest BCUT2D eigenvalue weighted by Crippen LogP contribution is 2.27. The average molecular weight is 549 g/mol. The highest BCUT2D eigenvalue weighted by molar-refractivity contribution is 7.99. The van der Waals surface area contributed by atoms with E-state index >= 15 is 0 Å². The van der Waals surface area contributed by atoms with Crippen LogP contribution in [0.25, 0.3) is 11.3 Å². The molecule has 0 saturated carbocycles. The number of thioether (sulfide) groups is 1. The summed E-state index contributed by atoms with van der Waals surface area (Å²) in [5, 5.41) is 17.9. The first-order chi connectivity index (χ1) is 18.2. The van der Waals surface area contributed by atoms with Gasteiger partial charge in [-0.3, -0.25) is 9.59 Å². The van der Waals surface area contributed by atoms with E-state index in [4.69, 9.17) is 0 Å². The van der Waals surface area contributed by atoms with Gasteiger partial charge in [-0.15, -0.1) is 21.5 Å². The molecule has 4 rings (SSSR count). The Morgan fingerprint density at radius 1 is 1.05 bits per heavy atom. The first kappa shape index (κ1) is 27.5. The lowest BCUT2D eigenvalue weighted by Gasteiger charge is -2.22. The van der Waals surface area contributed by atoms with E-state index in [9.17, 15) is 9.59 Å². The Kier molecular flexibility index (Phi) is 8.96. The Morgan fingerprint density at radius 2 is 1.82 bits per heavy atom. The molecule has 0 spiro atoms. The number of aromatic nitrogens is 4. The molecule has 8 nitrogen and oxygen atoms in total. The summed E-state index contributed by atoms with van der Waals surface area (Å²) < 4.78 is 1.96. The van der Waals surface area contributed by atoms with Crippen molar-refractivity contribution >= 4 is 40.0 Å². The zero-order chi connectivity index (χ0) is 27.2. The topological polar surface area (TPSA) is 102 Å². The van der Waals surface area contributed by atoms with Crippen LogP contribution in [0.4, 0.5) is 5.13 Å². The van der Waals surface area contributed by atoms with Gasteiger partial charge in [0.1, 0.15) is 0 Å². The Balaban J connectivity index is 1.40. The van der Waals surface area contributed by atoms with Gasteiger partial charge in [-0.1, -0.05) is 73.1 Å². The van der Waals surface area contributed by atoms with Crippen molar-refractivity contribution in [3.8, 4) is 11.3 Å². The molecular weight excluding hydrogens is 516 g/mol. The summed E-state index contributed by atoms with van der Waals surface area (Å²) in [4.78, 5) is 30.2. The first-order valence-electron chi connectivity index (χ1n) is 12.5. The summed E-state index contributed by atoms with van der Waals surface area (Å²) in [5.41, 5.74) is 4.67. The maximum atomic E-state index is 13.0. The Bertz CT molecular complexity index is 1410. The standard InChI is InChI=1S/C28H32N6O2S2/c1-6-34-25(24(17(2)3)31-26(36)21-9-7-8-19(5)14-21)32-33-28(34)38-16-23(35)30-27-29-22(15-37-27)20-12-10-18(4)11-13-20/h7-15,17,24H,6,16H2,1-5H3,(H,31,36)(H,29,30,35)/t24-/m1/s1. The number of carbonyl (C=O) groups is 2. The van der Waals surface area contributed by atoms with Crippen LogP contribution >= 0.6 is 23.1 Å². The van der Waals surface area contributed by atoms with Crippen molar-refractivity contribution in [1.29, 1.82) is 0 Å². The quantitative estimate of drug-likeness (QED) is 0.239. The third-order valence-electron chi connectivity index (χ3n) is 6.00. The van der Waals surface area contributed by atoms with Gasteiger partial charge in [0.2, 0.25) is 5.91 Å². The number of aryl methyl sites for hydroxylation is 2. The normalized spacial score (nSPS) is 11.9. The summed E-state index contributed by atoms with van der Waals surface area (Å²) >= 11 is 2.71. The maximum Gasteiger partial charge on any atom is 0.251 e. The summed E-state index contributed by atoms with van der Waals surface area (Å²) in [7, 11) is 0. The third-order valence-corrected chi connectivity index (χ3v) is 7.73. The number of benzene rings is 2. The minimum atomic E-state index is -0.325. The number of hydrogen-bond acceptors (Lipinski definition) is 7. The summed E-state index contributed by atoms with van der Waals surface area (Å²) in [5.74, 6) is 0.612. The molecule has 0 aliphatic heterocycles. The molecule has 2 aromatic carbocycles. The minimum Gasteiger partial charge on any atom is -0.342 e. The van der Waals surface area contributed by atoms with Crippen LogP contribution in [-0.4, -0.2) is 37.3 Å². The van der Waals surface area contributed by atoms with Crippen molar-refractivity contribution in [3.05, 3.63) is 76.4 Å². The van der Waals surface area contributed by atoms with Gasteiger partial charge in [-0.25, -0.2) is 4.98 Å². The molecule has 0 radical (unpaired) electrons. The van der Waals surface area contributed by atoms with E-state index in [1.165, 1.54) is 28.7 Å². The van der Waals surface area contributed by atoms with Crippen molar-refractivity contribution in [3.63, 3.8) is 0 Å². The number of nitrogens with zero attached hydrogens (tertiary/aromatic N) is 4. The highest BCUT2D eigenvalue weighted by atomic mass is 32.2. The lowest BCUT2D eigenvalue weighted by atomic mass is 10.0. The second kappa shape index (κ2) is 12.4.